The van der Waals surface area contributed by atoms with Crippen LogP contribution < -0.4 is 19.9 Å². The van der Waals surface area contributed by atoms with Crippen LogP contribution in [0, 0.1) is 13.8 Å². The second-order valence-corrected chi connectivity index (χ2v) is 9.62. The summed E-state index contributed by atoms with van der Waals surface area (Å²) in [6, 6.07) is 12.2. The summed E-state index contributed by atoms with van der Waals surface area (Å²) in [6.07, 6.45) is 3.27. The number of nitrogens with zero attached hydrogens (tertiary/aromatic N) is 6. The maximum absolute atomic E-state index is 11.2. The van der Waals surface area contributed by atoms with E-state index in [2.05, 4.69) is 50.4 Å². The summed E-state index contributed by atoms with van der Waals surface area (Å²) in [5.41, 5.74) is 2.52. The molecule has 3 aromatic rings. The first-order valence-corrected chi connectivity index (χ1v) is 12.2. The fourth-order valence-corrected chi connectivity index (χ4v) is 4.50. The van der Waals surface area contributed by atoms with Gasteiger partial charge in [0.2, 0.25) is 0 Å². The molecule has 2 N–H and O–H groups in total. The van der Waals surface area contributed by atoms with Crippen molar-refractivity contribution in [3.8, 4) is 5.75 Å². The van der Waals surface area contributed by atoms with Crippen LogP contribution in [-0.2, 0) is 13.1 Å². The Balaban J connectivity index is 1.23. The normalized spacial score (nSPS) is 18.0. The highest BCUT2D eigenvalue weighted by Gasteiger charge is 2.33. The van der Waals surface area contributed by atoms with Crippen LogP contribution in [0.15, 0.2) is 42.7 Å². The standard InChI is InChI=1S/C26H37N7O2/c1-20-14-21(2)33(30-20)12-13-35-23-8-6-22(7-9-23)16-27-17-26(34)10-5-11-32(18-26)25-15-24(31(3)4)28-19-29-25/h6-9,14-15,19,27,34H,5,10-13,16-18H2,1-4H3/t26-/m0/s1. The van der Waals surface area contributed by atoms with Crippen molar-refractivity contribution in [1.82, 2.24) is 25.1 Å². The molecule has 0 spiro atoms. The molecule has 0 bridgehead atoms. The number of aromatic nitrogens is 4. The van der Waals surface area contributed by atoms with Crippen LogP contribution in [-0.4, -0.2) is 70.8 Å². The molecule has 1 aromatic carbocycles. The van der Waals surface area contributed by atoms with Gasteiger partial charge < -0.3 is 25.0 Å². The van der Waals surface area contributed by atoms with Crippen molar-refractivity contribution in [3.05, 3.63) is 59.7 Å². The van der Waals surface area contributed by atoms with Crippen LogP contribution in [0.5, 0.6) is 5.75 Å². The van der Waals surface area contributed by atoms with Gasteiger partial charge in [0.1, 0.15) is 30.3 Å². The van der Waals surface area contributed by atoms with Crippen molar-refractivity contribution in [2.45, 2.75) is 45.4 Å². The summed E-state index contributed by atoms with van der Waals surface area (Å²) in [4.78, 5) is 12.8. The number of nitrogens with one attached hydrogen (secondary N) is 1. The first-order chi connectivity index (χ1) is 16.8. The molecule has 0 aliphatic carbocycles. The molecule has 0 unspecified atom stereocenters. The highest BCUT2D eigenvalue weighted by atomic mass is 16.5. The van der Waals surface area contributed by atoms with Crippen molar-refractivity contribution < 1.29 is 9.84 Å². The number of ether oxygens (including phenoxy) is 1. The molecule has 1 atom stereocenters. The van der Waals surface area contributed by atoms with Gasteiger partial charge in [-0.1, -0.05) is 12.1 Å². The molecule has 1 saturated heterocycles. The number of benzene rings is 1. The Morgan fingerprint density at radius 2 is 1.94 bits per heavy atom. The van der Waals surface area contributed by atoms with Gasteiger partial charge >= 0.3 is 0 Å². The quantitative estimate of drug-likeness (QED) is 0.459. The van der Waals surface area contributed by atoms with Crippen LogP contribution in [0.2, 0.25) is 0 Å². The highest BCUT2D eigenvalue weighted by molar-refractivity contribution is 5.49. The average Bonchev–Trinajstić information content (AvgIpc) is 3.16. The van der Waals surface area contributed by atoms with Gasteiger partial charge in [-0.2, -0.15) is 5.10 Å². The SMILES string of the molecule is Cc1cc(C)n(CCOc2ccc(CNC[C@@]3(O)CCCN(c4cc(N(C)C)ncn4)C3)cc2)n1. The fraction of sp³-hybridized carbons (Fsp3) is 0.500. The average molecular weight is 480 g/mol. The van der Waals surface area contributed by atoms with Gasteiger partial charge in [0.25, 0.3) is 0 Å². The number of hydrogen-bond donors (Lipinski definition) is 2. The molecule has 188 valence electrons. The van der Waals surface area contributed by atoms with E-state index in [1.165, 1.54) is 0 Å². The van der Waals surface area contributed by atoms with Gasteiger partial charge in [-0.05, 0) is 50.5 Å². The van der Waals surface area contributed by atoms with Crippen LogP contribution in [0.4, 0.5) is 11.6 Å². The molecule has 35 heavy (non-hydrogen) atoms. The minimum Gasteiger partial charge on any atom is -0.492 e. The Bertz CT molecular complexity index is 1100. The number of piperidine rings is 1. The van der Waals surface area contributed by atoms with Crippen LogP contribution in [0.3, 0.4) is 0 Å². The van der Waals surface area contributed by atoms with E-state index in [0.29, 0.717) is 26.2 Å². The van der Waals surface area contributed by atoms with E-state index in [4.69, 9.17) is 4.74 Å². The molecule has 0 amide bonds. The predicted octanol–water partition coefficient (Wildman–Crippen LogP) is 2.56. The monoisotopic (exact) mass is 479 g/mol. The fourth-order valence-electron chi connectivity index (χ4n) is 4.50. The molecule has 0 radical (unpaired) electrons. The predicted molar refractivity (Wildman–Crippen MR) is 138 cm³/mol. The minimum atomic E-state index is -0.798. The maximum atomic E-state index is 11.2. The zero-order valence-electron chi connectivity index (χ0n) is 21.2. The van der Waals surface area contributed by atoms with E-state index >= 15 is 0 Å². The van der Waals surface area contributed by atoms with E-state index in [1.54, 1.807) is 6.33 Å². The van der Waals surface area contributed by atoms with Crippen molar-refractivity contribution in [1.29, 1.82) is 0 Å². The number of β-amino-alcohol motifs (C(OH)–C–C–N with tert-alkyl or cyclic N) is 1. The molecule has 9 heteroatoms. The summed E-state index contributed by atoms with van der Waals surface area (Å²) in [5, 5.41) is 19.1. The Hall–Kier alpha value is -3.17. The molecule has 1 fully saturated rings. The Morgan fingerprint density at radius 3 is 2.66 bits per heavy atom. The lowest BCUT2D eigenvalue weighted by Crippen LogP contribution is -2.53. The summed E-state index contributed by atoms with van der Waals surface area (Å²) in [6.45, 7) is 8.00. The van der Waals surface area contributed by atoms with Gasteiger partial charge in [-0.15, -0.1) is 0 Å². The second-order valence-electron chi connectivity index (χ2n) is 9.62. The third-order valence-corrected chi connectivity index (χ3v) is 6.36. The third kappa shape index (κ3) is 6.70. The zero-order chi connectivity index (χ0) is 24.8. The molecule has 9 nitrogen and oxygen atoms in total. The van der Waals surface area contributed by atoms with Gasteiger partial charge in [-0.3, -0.25) is 4.68 Å². The van der Waals surface area contributed by atoms with Crippen molar-refractivity contribution in [2.24, 2.45) is 0 Å². The summed E-state index contributed by atoms with van der Waals surface area (Å²) >= 11 is 0. The second kappa shape index (κ2) is 11.0. The van der Waals surface area contributed by atoms with Gasteiger partial charge in [0.05, 0.1) is 17.8 Å². The summed E-state index contributed by atoms with van der Waals surface area (Å²) in [7, 11) is 3.92. The third-order valence-electron chi connectivity index (χ3n) is 6.36. The van der Waals surface area contributed by atoms with E-state index in [-0.39, 0.29) is 0 Å². The highest BCUT2D eigenvalue weighted by Crippen LogP contribution is 2.26. The molecule has 4 rings (SSSR count). The zero-order valence-corrected chi connectivity index (χ0v) is 21.2. The van der Waals surface area contributed by atoms with Crippen molar-refractivity contribution in [2.75, 3.05) is 50.1 Å². The van der Waals surface area contributed by atoms with E-state index < -0.39 is 5.60 Å². The van der Waals surface area contributed by atoms with Crippen molar-refractivity contribution >= 4 is 11.6 Å². The van der Waals surface area contributed by atoms with E-state index in [9.17, 15) is 5.11 Å². The number of hydrogen-bond acceptors (Lipinski definition) is 8. The molecule has 1 aliphatic heterocycles. The Labute approximate surface area is 207 Å². The molecule has 0 saturated carbocycles. The molecular formula is C26H37N7O2. The van der Waals surface area contributed by atoms with Gasteiger partial charge in [0.15, 0.2) is 0 Å². The molecule has 1 aliphatic rings. The molecular weight excluding hydrogens is 442 g/mol. The first kappa shape index (κ1) is 24.9. The number of anilines is 2. The minimum absolute atomic E-state index is 0.524. The van der Waals surface area contributed by atoms with E-state index in [0.717, 1.165) is 60.3 Å². The van der Waals surface area contributed by atoms with E-state index in [1.807, 2.05) is 48.8 Å². The largest absolute Gasteiger partial charge is 0.492 e. The van der Waals surface area contributed by atoms with Gasteiger partial charge in [-0.25, -0.2) is 9.97 Å². The van der Waals surface area contributed by atoms with Crippen LogP contribution in [0.25, 0.3) is 0 Å². The topological polar surface area (TPSA) is 91.6 Å². The Kier molecular flexibility index (Phi) is 7.87. The maximum Gasteiger partial charge on any atom is 0.134 e. The lowest BCUT2D eigenvalue weighted by molar-refractivity contribution is 0.0259. The number of aryl methyl sites for hydroxylation is 2. The molecule has 2 aromatic heterocycles. The number of rotatable bonds is 10. The first-order valence-electron chi connectivity index (χ1n) is 12.2. The van der Waals surface area contributed by atoms with Crippen molar-refractivity contribution in [3.63, 3.8) is 0 Å². The summed E-state index contributed by atoms with van der Waals surface area (Å²) in [5.74, 6) is 2.57. The lowest BCUT2D eigenvalue weighted by Gasteiger charge is -2.40. The molecule has 3 heterocycles. The van der Waals surface area contributed by atoms with Crippen LogP contribution in [0.1, 0.15) is 29.8 Å². The smallest absolute Gasteiger partial charge is 0.134 e. The van der Waals surface area contributed by atoms with Crippen LogP contribution >= 0.6 is 0 Å². The lowest BCUT2D eigenvalue weighted by atomic mass is 9.92. The number of aliphatic hydroxyl groups is 1. The summed E-state index contributed by atoms with van der Waals surface area (Å²) < 4.78 is 7.85. The Morgan fingerprint density at radius 1 is 1.14 bits per heavy atom. The van der Waals surface area contributed by atoms with Gasteiger partial charge in [0, 0.05) is 52.0 Å².